The monoisotopic (exact) mass is 389 g/mol. The van der Waals surface area contributed by atoms with Crippen LogP contribution < -0.4 is 4.90 Å². The normalized spacial score (nSPS) is 14.1. The van der Waals surface area contributed by atoms with Crippen molar-refractivity contribution in [3.8, 4) is 17.3 Å². The third-order valence-electron chi connectivity index (χ3n) is 5.22. The molecule has 7 heteroatoms. The van der Waals surface area contributed by atoms with E-state index in [2.05, 4.69) is 14.9 Å². The van der Waals surface area contributed by atoms with Crippen LogP contribution in [0.3, 0.4) is 0 Å². The van der Waals surface area contributed by atoms with E-state index in [1.165, 1.54) is 6.07 Å². The smallest absolute Gasteiger partial charge is 0.254 e. The van der Waals surface area contributed by atoms with Crippen molar-refractivity contribution in [2.75, 3.05) is 31.1 Å². The van der Waals surface area contributed by atoms with Crippen LogP contribution in [0.5, 0.6) is 5.75 Å². The van der Waals surface area contributed by atoms with E-state index in [-0.39, 0.29) is 11.7 Å². The van der Waals surface area contributed by atoms with Crippen molar-refractivity contribution in [1.29, 1.82) is 0 Å². The molecule has 0 spiro atoms. The minimum Gasteiger partial charge on any atom is -0.508 e. The van der Waals surface area contributed by atoms with Gasteiger partial charge in [0, 0.05) is 49.2 Å². The van der Waals surface area contributed by atoms with Crippen LogP contribution in [0, 0.1) is 13.8 Å². The van der Waals surface area contributed by atoms with Crippen LogP contribution in [-0.4, -0.2) is 57.0 Å². The zero-order chi connectivity index (χ0) is 20.4. The molecule has 1 aromatic carbocycles. The largest absolute Gasteiger partial charge is 0.508 e. The number of phenolic OH excluding ortho intramolecular Hbond substituents is 1. The number of hydrogen-bond donors (Lipinski definition) is 1. The Morgan fingerprint density at radius 3 is 2.48 bits per heavy atom. The van der Waals surface area contributed by atoms with Gasteiger partial charge in [0.05, 0.1) is 0 Å². The van der Waals surface area contributed by atoms with Gasteiger partial charge in [-0.3, -0.25) is 9.78 Å². The van der Waals surface area contributed by atoms with Crippen LogP contribution in [-0.2, 0) is 0 Å². The number of hydrogen-bond acceptors (Lipinski definition) is 6. The van der Waals surface area contributed by atoms with Crippen molar-refractivity contribution >= 4 is 11.7 Å². The summed E-state index contributed by atoms with van der Waals surface area (Å²) < 4.78 is 0. The summed E-state index contributed by atoms with van der Waals surface area (Å²) in [6.07, 6.45) is 1.74. The molecule has 1 saturated heterocycles. The molecule has 29 heavy (non-hydrogen) atoms. The number of benzene rings is 1. The first-order chi connectivity index (χ1) is 14.0. The van der Waals surface area contributed by atoms with E-state index >= 15 is 0 Å². The Morgan fingerprint density at radius 1 is 1.00 bits per heavy atom. The number of piperazine rings is 1. The predicted octanol–water partition coefficient (Wildman–Crippen LogP) is 2.82. The Kier molecular flexibility index (Phi) is 5.12. The Bertz CT molecular complexity index is 1030. The molecule has 1 aliphatic rings. The fourth-order valence-electron chi connectivity index (χ4n) is 3.47. The van der Waals surface area contributed by atoms with Crippen molar-refractivity contribution < 1.29 is 9.90 Å². The summed E-state index contributed by atoms with van der Waals surface area (Å²) in [5.74, 6) is 1.54. The van der Waals surface area contributed by atoms with E-state index in [1.807, 2.05) is 36.9 Å². The lowest BCUT2D eigenvalue weighted by molar-refractivity contribution is 0.0746. The van der Waals surface area contributed by atoms with Crippen LogP contribution in [0.15, 0.2) is 48.7 Å². The van der Waals surface area contributed by atoms with Crippen molar-refractivity contribution in [2.24, 2.45) is 0 Å². The van der Waals surface area contributed by atoms with Crippen molar-refractivity contribution in [1.82, 2.24) is 19.9 Å². The Balaban J connectivity index is 1.53. The zero-order valence-electron chi connectivity index (χ0n) is 16.5. The lowest BCUT2D eigenvalue weighted by Gasteiger charge is -2.36. The van der Waals surface area contributed by atoms with Crippen LogP contribution >= 0.6 is 0 Å². The highest BCUT2D eigenvalue weighted by molar-refractivity contribution is 5.94. The maximum absolute atomic E-state index is 12.7. The number of pyridine rings is 1. The predicted molar refractivity (Wildman–Crippen MR) is 111 cm³/mol. The van der Waals surface area contributed by atoms with E-state index in [0.29, 0.717) is 37.6 Å². The standard InChI is InChI=1S/C22H23N5O2/c1-15-16(2)24-20(19-8-3-4-9-23-19)25-21(15)26-10-12-27(13-11-26)22(29)17-6-5-7-18(28)14-17/h3-9,14,28H,10-13H2,1-2H3. The fourth-order valence-corrected chi connectivity index (χ4v) is 3.47. The SMILES string of the molecule is Cc1nc(-c2ccccn2)nc(N2CCN(C(=O)c3cccc(O)c3)CC2)c1C. The molecule has 0 radical (unpaired) electrons. The Hall–Kier alpha value is -3.48. The summed E-state index contributed by atoms with van der Waals surface area (Å²) in [4.78, 5) is 30.5. The number of aromatic nitrogens is 3. The number of carbonyl (C=O) groups is 1. The highest BCUT2D eigenvalue weighted by Crippen LogP contribution is 2.25. The number of anilines is 1. The first kappa shape index (κ1) is 18.9. The van der Waals surface area contributed by atoms with Gasteiger partial charge in [-0.25, -0.2) is 9.97 Å². The molecule has 0 atom stereocenters. The number of carbonyl (C=O) groups excluding carboxylic acids is 1. The molecule has 1 amide bonds. The number of amides is 1. The molecule has 4 rings (SSSR count). The molecule has 7 nitrogen and oxygen atoms in total. The highest BCUT2D eigenvalue weighted by Gasteiger charge is 2.25. The van der Waals surface area contributed by atoms with E-state index in [9.17, 15) is 9.90 Å². The Labute approximate surface area is 169 Å². The maximum Gasteiger partial charge on any atom is 0.254 e. The molecule has 1 N–H and O–H groups in total. The summed E-state index contributed by atoms with van der Waals surface area (Å²) in [6, 6.07) is 12.2. The third kappa shape index (κ3) is 3.89. The number of rotatable bonds is 3. The summed E-state index contributed by atoms with van der Waals surface area (Å²) in [7, 11) is 0. The molecular weight excluding hydrogens is 366 g/mol. The van der Waals surface area contributed by atoms with Crippen LogP contribution in [0.2, 0.25) is 0 Å². The van der Waals surface area contributed by atoms with E-state index in [1.54, 1.807) is 24.4 Å². The van der Waals surface area contributed by atoms with Gasteiger partial charge >= 0.3 is 0 Å². The van der Waals surface area contributed by atoms with Gasteiger partial charge < -0.3 is 14.9 Å². The molecule has 0 bridgehead atoms. The Morgan fingerprint density at radius 2 is 1.79 bits per heavy atom. The first-order valence-corrected chi connectivity index (χ1v) is 9.63. The summed E-state index contributed by atoms with van der Waals surface area (Å²) >= 11 is 0. The molecule has 2 aromatic heterocycles. The highest BCUT2D eigenvalue weighted by atomic mass is 16.3. The summed E-state index contributed by atoms with van der Waals surface area (Å²) in [5.41, 5.74) is 3.21. The zero-order valence-corrected chi connectivity index (χ0v) is 16.5. The lowest BCUT2D eigenvalue weighted by atomic mass is 10.1. The molecule has 0 aliphatic carbocycles. The number of nitrogens with zero attached hydrogens (tertiary/aromatic N) is 5. The van der Waals surface area contributed by atoms with Gasteiger partial charge in [0.1, 0.15) is 17.3 Å². The number of aromatic hydroxyl groups is 1. The third-order valence-corrected chi connectivity index (χ3v) is 5.22. The molecule has 1 fully saturated rings. The van der Waals surface area contributed by atoms with E-state index in [4.69, 9.17) is 4.98 Å². The van der Waals surface area contributed by atoms with Gasteiger partial charge in [0.2, 0.25) is 0 Å². The van der Waals surface area contributed by atoms with Gasteiger partial charge in [-0.05, 0) is 44.2 Å². The molecule has 0 unspecified atom stereocenters. The summed E-state index contributed by atoms with van der Waals surface area (Å²) in [6.45, 7) is 6.56. The van der Waals surface area contributed by atoms with Crippen molar-refractivity contribution in [2.45, 2.75) is 13.8 Å². The second-order valence-electron chi connectivity index (χ2n) is 7.13. The fraction of sp³-hybridized carbons (Fsp3) is 0.273. The van der Waals surface area contributed by atoms with Crippen LogP contribution in [0.25, 0.3) is 11.5 Å². The van der Waals surface area contributed by atoms with E-state index in [0.717, 1.165) is 22.8 Å². The number of aryl methyl sites for hydroxylation is 1. The molecule has 3 aromatic rings. The minimum atomic E-state index is -0.0645. The van der Waals surface area contributed by atoms with Gasteiger partial charge in [-0.2, -0.15) is 0 Å². The second-order valence-corrected chi connectivity index (χ2v) is 7.13. The topological polar surface area (TPSA) is 82.5 Å². The number of phenols is 1. The van der Waals surface area contributed by atoms with Gasteiger partial charge in [-0.15, -0.1) is 0 Å². The molecule has 0 saturated carbocycles. The lowest BCUT2D eigenvalue weighted by Crippen LogP contribution is -2.49. The van der Waals surface area contributed by atoms with Gasteiger partial charge in [0.25, 0.3) is 5.91 Å². The molecule has 148 valence electrons. The average molecular weight is 389 g/mol. The molecular formula is C22H23N5O2. The second kappa shape index (κ2) is 7.87. The van der Waals surface area contributed by atoms with Gasteiger partial charge in [-0.1, -0.05) is 12.1 Å². The molecule has 3 heterocycles. The van der Waals surface area contributed by atoms with Crippen molar-refractivity contribution in [3.63, 3.8) is 0 Å². The van der Waals surface area contributed by atoms with Crippen LogP contribution in [0.1, 0.15) is 21.6 Å². The maximum atomic E-state index is 12.7. The quantitative estimate of drug-likeness (QED) is 0.742. The molecule has 1 aliphatic heterocycles. The van der Waals surface area contributed by atoms with Crippen LogP contribution in [0.4, 0.5) is 5.82 Å². The van der Waals surface area contributed by atoms with E-state index < -0.39 is 0 Å². The van der Waals surface area contributed by atoms with Crippen molar-refractivity contribution in [3.05, 3.63) is 65.5 Å². The minimum absolute atomic E-state index is 0.0645. The van der Waals surface area contributed by atoms with Gasteiger partial charge in [0.15, 0.2) is 5.82 Å². The summed E-state index contributed by atoms with van der Waals surface area (Å²) in [5, 5.41) is 9.63. The first-order valence-electron chi connectivity index (χ1n) is 9.63. The average Bonchev–Trinajstić information content (AvgIpc) is 2.76.